The number of benzene rings is 1. The molecule has 1 aromatic heterocycles. The molecule has 1 aliphatic carbocycles. The van der Waals surface area contributed by atoms with Gasteiger partial charge in [0.2, 0.25) is 11.8 Å². The fraction of sp³-hybridized carbons (Fsp3) is 0.250. The van der Waals surface area contributed by atoms with Crippen molar-refractivity contribution >= 4 is 34.8 Å². The molecular weight excluding hydrogens is 304 g/mol. The van der Waals surface area contributed by atoms with Gasteiger partial charge in [-0.2, -0.15) is 0 Å². The van der Waals surface area contributed by atoms with Crippen LogP contribution in [0.5, 0.6) is 0 Å². The number of nitrogens with one attached hydrogen (secondary N) is 2. The second-order valence-corrected chi connectivity index (χ2v) is 5.76. The van der Waals surface area contributed by atoms with E-state index < -0.39 is 0 Å². The van der Waals surface area contributed by atoms with E-state index >= 15 is 0 Å². The Hall–Kier alpha value is -2.27. The lowest BCUT2D eigenvalue weighted by molar-refractivity contribution is -0.117. The molecule has 2 atom stereocenters. The van der Waals surface area contributed by atoms with Gasteiger partial charge in [-0.3, -0.25) is 9.59 Å². The van der Waals surface area contributed by atoms with Crippen molar-refractivity contribution in [3.63, 3.8) is 0 Å². The normalized spacial score (nSPS) is 19.5. The van der Waals surface area contributed by atoms with E-state index in [2.05, 4.69) is 10.6 Å². The molecule has 1 aliphatic rings. The lowest BCUT2D eigenvalue weighted by Gasteiger charge is -2.11. The van der Waals surface area contributed by atoms with E-state index in [1.54, 1.807) is 24.5 Å². The molecule has 5 nitrogen and oxygen atoms in total. The Balaban J connectivity index is 1.72. The van der Waals surface area contributed by atoms with Crippen molar-refractivity contribution in [3.05, 3.63) is 47.4 Å². The molecule has 3 rings (SSSR count). The molecule has 0 radical (unpaired) electrons. The van der Waals surface area contributed by atoms with E-state index in [1.807, 2.05) is 12.1 Å². The third kappa shape index (κ3) is 3.14. The van der Waals surface area contributed by atoms with Crippen LogP contribution in [0.4, 0.5) is 11.4 Å². The van der Waals surface area contributed by atoms with Gasteiger partial charge in [0.15, 0.2) is 0 Å². The molecule has 1 aromatic carbocycles. The number of carbonyl (C=O) groups is 2. The smallest absolute Gasteiger partial charge is 0.228 e. The van der Waals surface area contributed by atoms with Crippen LogP contribution in [0.3, 0.4) is 0 Å². The molecule has 1 heterocycles. The van der Waals surface area contributed by atoms with Crippen molar-refractivity contribution in [1.82, 2.24) is 0 Å². The Morgan fingerprint density at radius 2 is 2.05 bits per heavy atom. The second kappa shape index (κ2) is 5.85. The summed E-state index contributed by atoms with van der Waals surface area (Å²) < 4.78 is 5.33. The lowest BCUT2D eigenvalue weighted by atomic mass is 10.2. The Morgan fingerprint density at radius 1 is 1.23 bits per heavy atom. The minimum Gasteiger partial charge on any atom is -0.469 e. The molecule has 6 heteroatoms. The Bertz CT molecular complexity index is 712. The monoisotopic (exact) mass is 318 g/mol. The summed E-state index contributed by atoms with van der Waals surface area (Å²) >= 11 is 5.96. The molecule has 114 valence electrons. The Kier molecular flexibility index (Phi) is 3.90. The quantitative estimate of drug-likeness (QED) is 0.904. The fourth-order valence-corrected chi connectivity index (χ4v) is 2.62. The molecule has 22 heavy (non-hydrogen) atoms. The highest BCUT2D eigenvalue weighted by molar-refractivity contribution is 6.31. The highest BCUT2D eigenvalue weighted by Gasteiger charge is 2.45. The molecular formula is C16H15ClN2O3. The van der Waals surface area contributed by atoms with Crippen LogP contribution in [0.1, 0.15) is 25.0 Å². The predicted molar refractivity (Wildman–Crippen MR) is 83.9 cm³/mol. The first-order valence-corrected chi connectivity index (χ1v) is 7.34. The Labute approximate surface area is 132 Å². The van der Waals surface area contributed by atoms with Gasteiger partial charge in [0.25, 0.3) is 0 Å². The maximum atomic E-state index is 12.3. The lowest BCUT2D eigenvalue weighted by Crippen LogP contribution is -2.17. The van der Waals surface area contributed by atoms with Crippen LogP contribution in [0.2, 0.25) is 5.02 Å². The van der Waals surface area contributed by atoms with Crippen LogP contribution >= 0.6 is 11.6 Å². The summed E-state index contributed by atoms with van der Waals surface area (Å²) in [5, 5.41) is 5.99. The van der Waals surface area contributed by atoms with E-state index in [1.165, 1.54) is 6.92 Å². The third-order valence-electron chi connectivity index (χ3n) is 3.59. The van der Waals surface area contributed by atoms with Gasteiger partial charge in [-0.15, -0.1) is 0 Å². The number of hydrogen-bond acceptors (Lipinski definition) is 3. The standard InChI is InChI=1S/C16H15ClN2O3/c1-9(20)18-13-5-4-10(17)7-14(13)19-16(21)12-8-11(12)15-3-2-6-22-15/h2-7,11-12H,8H2,1H3,(H,18,20)(H,19,21)/t11-,12+/m0/s1. The maximum absolute atomic E-state index is 12.3. The van der Waals surface area contributed by atoms with Gasteiger partial charge in [0.05, 0.1) is 17.6 Å². The van der Waals surface area contributed by atoms with Gasteiger partial charge in [0, 0.05) is 23.8 Å². The molecule has 0 unspecified atom stereocenters. The minimum atomic E-state index is -0.210. The molecule has 2 N–H and O–H groups in total. The number of hydrogen-bond donors (Lipinski definition) is 2. The highest BCUT2D eigenvalue weighted by Crippen LogP contribution is 2.48. The first-order chi connectivity index (χ1) is 10.5. The highest BCUT2D eigenvalue weighted by atomic mass is 35.5. The summed E-state index contributed by atoms with van der Waals surface area (Å²) in [5.41, 5.74) is 1.03. The van der Waals surface area contributed by atoms with E-state index in [0.717, 1.165) is 12.2 Å². The van der Waals surface area contributed by atoms with E-state index in [0.29, 0.717) is 16.4 Å². The van der Waals surface area contributed by atoms with Gasteiger partial charge in [-0.1, -0.05) is 11.6 Å². The van der Waals surface area contributed by atoms with Crippen molar-refractivity contribution in [1.29, 1.82) is 0 Å². The van der Waals surface area contributed by atoms with Crippen molar-refractivity contribution in [2.24, 2.45) is 5.92 Å². The van der Waals surface area contributed by atoms with Crippen molar-refractivity contribution in [3.8, 4) is 0 Å². The second-order valence-electron chi connectivity index (χ2n) is 5.32. The van der Waals surface area contributed by atoms with Crippen LogP contribution in [-0.4, -0.2) is 11.8 Å². The number of anilines is 2. The molecule has 0 saturated heterocycles. The Morgan fingerprint density at radius 3 is 2.73 bits per heavy atom. The fourth-order valence-electron chi connectivity index (χ4n) is 2.45. The van der Waals surface area contributed by atoms with Gasteiger partial charge in [0.1, 0.15) is 5.76 Å². The number of rotatable bonds is 4. The number of carbonyl (C=O) groups excluding carboxylic acids is 2. The first-order valence-electron chi connectivity index (χ1n) is 6.96. The zero-order valence-electron chi connectivity index (χ0n) is 11.9. The number of halogens is 1. The van der Waals surface area contributed by atoms with Crippen LogP contribution in [-0.2, 0) is 9.59 Å². The van der Waals surface area contributed by atoms with Gasteiger partial charge >= 0.3 is 0 Å². The summed E-state index contributed by atoms with van der Waals surface area (Å²) in [6.07, 6.45) is 2.36. The van der Waals surface area contributed by atoms with Gasteiger partial charge in [-0.25, -0.2) is 0 Å². The summed E-state index contributed by atoms with van der Waals surface area (Å²) in [6, 6.07) is 8.63. The van der Waals surface area contributed by atoms with E-state index in [9.17, 15) is 9.59 Å². The van der Waals surface area contributed by atoms with Crippen molar-refractivity contribution in [2.75, 3.05) is 10.6 Å². The third-order valence-corrected chi connectivity index (χ3v) is 3.82. The van der Waals surface area contributed by atoms with E-state index in [4.69, 9.17) is 16.0 Å². The summed E-state index contributed by atoms with van der Waals surface area (Å²) in [5.74, 6) is 0.523. The zero-order valence-corrected chi connectivity index (χ0v) is 12.7. The van der Waals surface area contributed by atoms with E-state index in [-0.39, 0.29) is 23.7 Å². The molecule has 2 amide bonds. The van der Waals surface area contributed by atoms with Gasteiger partial charge < -0.3 is 15.1 Å². The van der Waals surface area contributed by atoms with Crippen LogP contribution < -0.4 is 10.6 Å². The largest absolute Gasteiger partial charge is 0.469 e. The number of amides is 2. The first kappa shape index (κ1) is 14.7. The topological polar surface area (TPSA) is 71.3 Å². The summed E-state index contributed by atoms with van der Waals surface area (Å²) in [7, 11) is 0. The summed E-state index contributed by atoms with van der Waals surface area (Å²) in [6.45, 7) is 1.41. The number of furan rings is 1. The predicted octanol–water partition coefficient (Wildman–Crippen LogP) is 3.63. The van der Waals surface area contributed by atoms with Crippen LogP contribution in [0, 0.1) is 5.92 Å². The summed E-state index contributed by atoms with van der Waals surface area (Å²) in [4.78, 5) is 23.5. The van der Waals surface area contributed by atoms with Crippen LogP contribution in [0.15, 0.2) is 41.0 Å². The van der Waals surface area contributed by atoms with Crippen molar-refractivity contribution < 1.29 is 14.0 Å². The maximum Gasteiger partial charge on any atom is 0.228 e. The van der Waals surface area contributed by atoms with Gasteiger partial charge in [-0.05, 0) is 36.8 Å². The molecule has 1 saturated carbocycles. The van der Waals surface area contributed by atoms with Crippen molar-refractivity contribution in [2.45, 2.75) is 19.3 Å². The SMILES string of the molecule is CC(=O)Nc1ccc(Cl)cc1NC(=O)[C@@H]1C[C@@H]1c1ccco1. The zero-order chi connectivity index (χ0) is 15.7. The molecule has 0 aliphatic heterocycles. The average molecular weight is 319 g/mol. The molecule has 0 spiro atoms. The minimum absolute atomic E-state index is 0.102. The average Bonchev–Trinajstić information content (AvgIpc) is 3.08. The molecule has 2 aromatic rings. The van der Waals surface area contributed by atoms with Crippen LogP contribution in [0.25, 0.3) is 0 Å². The molecule has 1 fully saturated rings. The molecule has 0 bridgehead atoms.